The van der Waals surface area contributed by atoms with Gasteiger partial charge in [-0.15, -0.1) is 0 Å². The molecule has 3 fully saturated rings. The molecule has 0 bridgehead atoms. The zero-order valence-corrected chi connectivity index (χ0v) is 45.9. The molecule has 11 N–H and O–H groups in total. The van der Waals surface area contributed by atoms with Crippen LogP contribution in [0.3, 0.4) is 0 Å². The Balaban J connectivity index is 1.65. The van der Waals surface area contributed by atoms with Gasteiger partial charge in [-0.05, 0) is 38.5 Å². The van der Waals surface area contributed by atoms with Crippen molar-refractivity contribution in [2.45, 2.75) is 165 Å². The number of carbonyl (C=O) groups excluding carboxylic acids is 5. The largest absolute Gasteiger partial charge is 0.473 e. The van der Waals surface area contributed by atoms with E-state index < -0.39 is 196 Å². The third-order valence-corrected chi connectivity index (χ3v) is 14.5. The maximum atomic E-state index is 13.6. The molecular formula is C49H86NO27P. The van der Waals surface area contributed by atoms with E-state index in [1.807, 2.05) is 0 Å². The third kappa shape index (κ3) is 23.8. The van der Waals surface area contributed by atoms with Crippen molar-refractivity contribution in [3.63, 3.8) is 0 Å². The van der Waals surface area contributed by atoms with Gasteiger partial charge in [0.1, 0.15) is 69.0 Å². The Kier molecular flexibility index (Phi) is 32.4. The molecule has 0 spiro atoms. The number of ether oxygens (including phenoxy) is 9. The van der Waals surface area contributed by atoms with Gasteiger partial charge in [-0.25, -0.2) is 4.57 Å². The van der Waals surface area contributed by atoms with Gasteiger partial charge < -0.3 is 98.8 Å². The van der Waals surface area contributed by atoms with Gasteiger partial charge in [-0.2, -0.15) is 0 Å². The Bertz CT molecular complexity index is 1670. The molecule has 78 heavy (non-hydrogen) atoms. The second-order valence-corrected chi connectivity index (χ2v) is 21.8. The van der Waals surface area contributed by atoms with Gasteiger partial charge in [0.2, 0.25) is 5.91 Å². The Hall–Kier alpha value is -2.46. The van der Waals surface area contributed by atoms with E-state index >= 15 is 0 Å². The fourth-order valence-corrected chi connectivity index (χ4v) is 9.04. The summed E-state index contributed by atoms with van der Waals surface area (Å²) in [7, 11) is -3.57. The Morgan fingerprint density at radius 3 is 1.17 bits per heavy atom. The average Bonchev–Trinajstić information content (AvgIpc) is 3.40. The molecule has 3 heterocycles. The van der Waals surface area contributed by atoms with Crippen molar-refractivity contribution in [3.05, 3.63) is 0 Å². The fourth-order valence-electron chi connectivity index (χ4n) is 8.71. The molecule has 3 aliphatic heterocycles. The summed E-state index contributed by atoms with van der Waals surface area (Å²) in [5.41, 5.74) is -1.52. The third-order valence-electron chi connectivity index (χ3n) is 13.6. The molecule has 3 aliphatic rings. The first-order valence-electron chi connectivity index (χ1n) is 26.3. The summed E-state index contributed by atoms with van der Waals surface area (Å²) in [5, 5.41) is 92.0. The zero-order chi connectivity index (χ0) is 58.0. The van der Waals surface area contributed by atoms with Crippen LogP contribution in [0.1, 0.15) is 91.4 Å². The number of phosphoric acid groups is 1. The van der Waals surface area contributed by atoms with Gasteiger partial charge in [0, 0.05) is 75.8 Å². The van der Waals surface area contributed by atoms with Gasteiger partial charge in [0.15, 0.2) is 36.2 Å². The molecule has 16 atom stereocenters. The normalized spacial score (nSPS) is 31.0. The van der Waals surface area contributed by atoms with E-state index in [1.165, 1.54) is 0 Å². The maximum absolute atomic E-state index is 13.6. The van der Waals surface area contributed by atoms with Crippen molar-refractivity contribution in [2.75, 3.05) is 93.1 Å². The zero-order valence-electron chi connectivity index (χ0n) is 45.0. The van der Waals surface area contributed by atoms with Crippen molar-refractivity contribution < 1.29 is 131 Å². The molecule has 3 rings (SSSR count). The number of phosphoric ester groups is 1. The van der Waals surface area contributed by atoms with E-state index in [-0.39, 0.29) is 56.4 Å². The van der Waals surface area contributed by atoms with Crippen LogP contribution in [0.4, 0.5) is 0 Å². The molecule has 1 amide bonds. The first-order chi connectivity index (χ1) is 37.0. The molecule has 3 saturated heterocycles. The molecule has 0 aromatic heterocycles. The van der Waals surface area contributed by atoms with E-state index in [1.54, 1.807) is 20.8 Å². The summed E-state index contributed by atoms with van der Waals surface area (Å²) in [4.78, 5) is 75.1. The standard InChI is InChI=1S/C49H86NO27P/c1-29-40(59)43(62)36(19-51)75-46(29)71-14-8-5-11-32(54)22-68-25-49(18-35(57)17-39(58)50-28-74-78(65,66)67-4,26-69-23-33(55)12-6-9-15-72-47-30(2)41(60)44(63)37(20-52)76-47)27-70-24-34(56)13-7-10-16-73-48-31(3)42(61)45(64)38(21-53)77-48/h29-31,36-38,40-48,51-53,59-64H,5-28H2,1-4H3,(H,50,58)(H,65,66)/t29?,30?,31?,36?,37?,38?,40-,41-,42-,43+,44+,45+,46-,47-,48-,49?/m1/s1. The van der Waals surface area contributed by atoms with Crippen LogP contribution in [0.15, 0.2) is 0 Å². The second kappa shape index (κ2) is 36.2. The van der Waals surface area contributed by atoms with Gasteiger partial charge in [-0.1, -0.05) is 20.8 Å². The summed E-state index contributed by atoms with van der Waals surface area (Å²) < 4.78 is 72.1. The highest BCUT2D eigenvalue weighted by atomic mass is 31.2. The Morgan fingerprint density at radius 2 is 0.859 bits per heavy atom. The minimum Gasteiger partial charge on any atom is -0.394 e. The Morgan fingerprint density at radius 1 is 0.526 bits per heavy atom. The fraction of sp³-hybridized carbons (Fsp3) is 0.898. The molecule has 0 aliphatic carbocycles. The molecule has 0 aromatic carbocycles. The van der Waals surface area contributed by atoms with Crippen LogP contribution in [0.5, 0.6) is 0 Å². The lowest BCUT2D eigenvalue weighted by atomic mass is 9.84. The van der Waals surface area contributed by atoms with E-state index in [0.29, 0.717) is 38.5 Å². The minimum absolute atomic E-state index is 0.0249. The summed E-state index contributed by atoms with van der Waals surface area (Å²) >= 11 is 0. The van der Waals surface area contributed by atoms with Crippen LogP contribution in [0.2, 0.25) is 0 Å². The molecule has 0 aromatic rings. The highest BCUT2D eigenvalue weighted by Gasteiger charge is 2.45. The number of aliphatic hydroxyl groups is 9. The van der Waals surface area contributed by atoms with Crippen LogP contribution in [-0.2, 0) is 80.2 Å². The summed E-state index contributed by atoms with van der Waals surface area (Å²) in [6.07, 6.45) is -12.4. The lowest BCUT2D eigenvalue weighted by molar-refractivity contribution is -0.282. The van der Waals surface area contributed by atoms with Crippen molar-refractivity contribution in [1.82, 2.24) is 5.32 Å². The SMILES string of the molecule is COP(=O)(O)OCNC(=O)CC(=O)CC(COCC(=O)CCCCO[C@@H]1OC(CO)[C@H](O)[C@H](O)C1C)(COCC(=O)CCCCO[C@@H]1OC(CO)[C@H](O)[C@H](O)C1C)COCC(=O)CCCCO[C@@H]1OC(CO)[C@H](O)[C@H](O)C1C. The predicted octanol–water partition coefficient (Wildman–Crippen LogP) is -2.30. The number of amides is 1. The molecule has 29 heteroatoms. The van der Waals surface area contributed by atoms with Crippen LogP contribution in [0, 0.1) is 23.2 Å². The van der Waals surface area contributed by atoms with E-state index in [4.69, 9.17) is 42.6 Å². The molecule has 0 saturated carbocycles. The van der Waals surface area contributed by atoms with Gasteiger partial charge in [0.05, 0.1) is 64.4 Å². The number of nitrogens with one attached hydrogen (secondary N) is 1. The van der Waals surface area contributed by atoms with Gasteiger partial charge >= 0.3 is 7.82 Å². The quantitative estimate of drug-likeness (QED) is 0.0133. The average molecular weight is 1150 g/mol. The number of unbranched alkanes of at least 4 members (excludes halogenated alkanes) is 3. The smallest absolute Gasteiger partial charge is 0.394 e. The van der Waals surface area contributed by atoms with Gasteiger partial charge in [-0.3, -0.25) is 33.0 Å². The number of aliphatic hydroxyl groups excluding tert-OH is 9. The minimum atomic E-state index is -4.48. The first-order valence-corrected chi connectivity index (χ1v) is 27.8. The maximum Gasteiger partial charge on any atom is 0.473 e. The lowest BCUT2D eigenvalue weighted by Crippen LogP contribution is -2.55. The summed E-state index contributed by atoms with van der Waals surface area (Å²) in [6, 6.07) is 0. The summed E-state index contributed by atoms with van der Waals surface area (Å²) in [5.74, 6) is -4.52. The molecule has 0 radical (unpaired) electrons. The Labute approximate surface area is 453 Å². The number of carbonyl (C=O) groups is 5. The van der Waals surface area contributed by atoms with Crippen LogP contribution >= 0.6 is 7.82 Å². The van der Waals surface area contributed by atoms with E-state index in [9.17, 15) is 79.4 Å². The number of hydrogen-bond acceptors (Lipinski definition) is 26. The topological polar surface area (TPSA) is 418 Å². The monoisotopic (exact) mass is 1150 g/mol. The van der Waals surface area contributed by atoms with E-state index in [0.717, 1.165) is 7.11 Å². The lowest BCUT2D eigenvalue weighted by Gasteiger charge is -2.40. The van der Waals surface area contributed by atoms with Crippen molar-refractivity contribution in [3.8, 4) is 0 Å². The number of hydrogen-bond donors (Lipinski definition) is 11. The first kappa shape index (κ1) is 69.8. The molecule has 7 unspecified atom stereocenters. The highest BCUT2D eigenvalue weighted by Crippen LogP contribution is 2.41. The molecule has 454 valence electrons. The highest BCUT2D eigenvalue weighted by molar-refractivity contribution is 7.47. The second-order valence-electron chi connectivity index (χ2n) is 20.2. The van der Waals surface area contributed by atoms with Crippen molar-refractivity contribution in [1.29, 1.82) is 0 Å². The predicted molar refractivity (Wildman–Crippen MR) is 265 cm³/mol. The molecular weight excluding hydrogens is 1070 g/mol. The van der Waals surface area contributed by atoms with E-state index in [2.05, 4.69) is 14.4 Å². The summed E-state index contributed by atoms with van der Waals surface area (Å²) in [6.45, 7) is 0.187. The number of rotatable bonds is 41. The molecule has 28 nitrogen and oxygen atoms in total. The van der Waals surface area contributed by atoms with Gasteiger partial charge in [0.25, 0.3) is 0 Å². The van der Waals surface area contributed by atoms with Crippen molar-refractivity contribution >= 4 is 36.9 Å². The van der Waals surface area contributed by atoms with Crippen LogP contribution in [0.25, 0.3) is 0 Å². The number of ketones is 4. The van der Waals surface area contributed by atoms with Crippen LogP contribution < -0.4 is 5.32 Å². The van der Waals surface area contributed by atoms with Crippen LogP contribution in [-0.4, -0.2) is 247 Å². The number of Topliss-reactive ketones (excluding diaryl/α,β-unsaturated/α-hetero) is 4. The van der Waals surface area contributed by atoms with Crippen molar-refractivity contribution in [2.24, 2.45) is 23.2 Å².